The molecule has 66 valence electrons. The molecule has 3 heteroatoms. The summed E-state index contributed by atoms with van der Waals surface area (Å²) in [5.74, 6) is 4.79. The third-order valence-corrected chi connectivity index (χ3v) is 1.81. The SMILES string of the molecule is CC(C)(ON)c1cccc(F)c1. The van der Waals surface area contributed by atoms with Crippen LogP contribution in [0.2, 0.25) is 0 Å². The number of benzene rings is 1. The van der Waals surface area contributed by atoms with Crippen molar-refractivity contribution in [2.45, 2.75) is 19.4 Å². The van der Waals surface area contributed by atoms with Gasteiger partial charge in [0.15, 0.2) is 0 Å². The molecule has 0 heterocycles. The number of rotatable bonds is 2. The van der Waals surface area contributed by atoms with Gasteiger partial charge in [0, 0.05) is 0 Å². The van der Waals surface area contributed by atoms with Gasteiger partial charge in [0.1, 0.15) is 11.4 Å². The summed E-state index contributed by atoms with van der Waals surface area (Å²) in [7, 11) is 0. The Labute approximate surface area is 71.1 Å². The van der Waals surface area contributed by atoms with E-state index in [0.29, 0.717) is 0 Å². The lowest BCUT2D eigenvalue weighted by Gasteiger charge is -2.21. The number of hydrogen-bond acceptors (Lipinski definition) is 2. The highest BCUT2D eigenvalue weighted by molar-refractivity contribution is 5.21. The largest absolute Gasteiger partial charge is 0.294 e. The summed E-state index contributed by atoms with van der Waals surface area (Å²) in [6.45, 7) is 3.56. The Morgan fingerprint density at radius 2 is 2.08 bits per heavy atom. The molecule has 1 aromatic carbocycles. The number of halogens is 1. The van der Waals surface area contributed by atoms with E-state index in [1.54, 1.807) is 26.0 Å². The third-order valence-electron chi connectivity index (χ3n) is 1.81. The molecule has 0 unspecified atom stereocenters. The molecule has 0 aliphatic heterocycles. The Kier molecular flexibility index (Phi) is 2.45. The van der Waals surface area contributed by atoms with E-state index in [0.717, 1.165) is 5.56 Å². The van der Waals surface area contributed by atoms with Gasteiger partial charge in [-0.2, -0.15) is 0 Å². The first-order chi connectivity index (χ1) is 5.56. The van der Waals surface area contributed by atoms with E-state index < -0.39 is 5.60 Å². The lowest BCUT2D eigenvalue weighted by molar-refractivity contribution is -0.0238. The van der Waals surface area contributed by atoms with Crippen LogP contribution in [0.3, 0.4) is 0 Å². The first-order valence-electron chi connectivity index (χ1n) is 3.70. The van der Waals surface area contributed by atoms with Crippen molar-refractivity contribution in [3.8, 4) is 0 Å². The number of nitrogens with two attached hydrogens (primary N) is 1. The fraction of sp³-hybridized carbons (Fsp3) is 0.333. The van der Waals surface area contributed by atoms with Gasteiger partial charge in [0.05, 0.1) is 0 Å². The lowest BCUT2D eigenvalue weighted by atomic mass is 9.98. The second-order valence-corrected chi connectivity index (χ2v) is 3.14. The molecule has 0 bridgehead atoms. The lowest BCUT2D eigenvalue weighted by Crippen LogP contribution is -2.25. The molecule has 12 heavy (non-hydrogen) atoms. The van der Waals surface area contributed by atoms with Crippen LogP contribution < -0.4 is 5.90 Å². The molecular weight excluding hydrogens is 157 g/mol. The average Bonchev–Trinajstić information content (AvgIpc) is 2.05. The maximum absolute atomic E-state index is 12.7. The number of hydrogen-bond donors (Lipinski definition) is 1. The van der Waals surface area contributed by atoms with E-state index in [2.05, 4.69) is 0 Å². The molecule has 2 N–H and O–H groups in total. The molecule has 0 aliphatic carbocycles. The molecule has 0 saturated heterocycles. The molecular formula is C9H12FNO. The summed E-state index contributed by atoms with van der Waals surface area (Å²) < 4.78 is 12.7. The van der Waals surface area contributed by atoms with E-state index in [1.165, 1.54) is 12.1 Å². The summed E-state index contributed by atoms with van der Waals surface area (Å²) in [6.07, 6.45) is 0. The summed E-state index contributed by atoms with van der Waals surface area (Å²) in [5.41, 5.74) is 0.0900. The van der Waals surface area contributed by atoms with Crippen molar-refractivity contribution < 1.29 is 9.23 Å². The molecule has 0 spiro atoms. The van der Waals surface area contributed by atoms with E-state index in [1.807, 2.05) is 0 Å². The summed E-state index contributed by atoms with van der Waals surface area (Å²) in [6, 6.07) is 6.20. The molecule has 0 aliphatic rings. The normalized spacial score (nSPS) is 11.7. The van der Waals surface area contributed by atoms with Crippen LogP contribution in [-0.2, 0) is 10.4 Å². The topological polar surface area (TPSA) is 35.2 Å². The zero-order valence-electron chi connectivity index (χ0n) is 7.17. The van der Waals surface area contributed by atoms with Gasteiger partial charge in [-0.25, -0.2) is 10.3 Å². The molecule has 1 aromatic rings. The Morgan fingerprint density at radius 3 is 2.58 bits per heavy atom. The van der Waals surface area contributed by atoms with Crippen molar-refractivity contribution >= 4 is 0 Å². The van der Waals surface area contributed by atoms with Gasteiger partial charge in [0.25, 0.3) is 0 Å². The Bertz CT molecular complexity index is 273. The highest BCUT2D eigenvalue weighted by atomic mass is 19.1. The van der Waals surface area contributed by atoms with Crippen LogP contribution in [0.25, 0.3) is 0 Å². The minimum atomic E-state index is -0.637. The monoisotopic (exact) mass is 169 g/mol. The first-order valence-corrected chi connectivity index (χ1v) is 3.70. The van der Waals surface area contributed by atoms with Crippen molar-refractivity contribution in [3.05, 3.63) is 35.6 Å². The van der Waals surface area contributed by atoms with Gasteiger partial charge < -0.3 is 0 Å². The van der Waals surface area contributed by atoms with Crippen molar-refractivity contribution in [1.29, 1.82) is 0 Å². The zero-order chi connectivity index (χ0) is 9.19. The zero-order valence-corrected chi connectivity index (χ0v) is 7.17. The summed E-state index contributed by atoms with van der Waals surface area (Å²) >= 11 is 0. The molecule has 0 amide bonds. The standard InChI is InChI=1S/C9H12FNO/c1-9(2,12-11)7-4-3-5-8(10)6-7/h3-6H,11H2,1-2H3. The van der Waals surface area contributed by atoms with Crippen molar-refractivity contribution in [2.24, 2.45) is 5.90 Å². The second-order valence-electron chi connectivity index (χ2n) is 3.14. The molecule has 0 fully saturated rings. The van der Waals surface area contributed by atoms with E-state index in [9.17, 15) is 4.39 Å². The van der Waals surface area contributed by atoms with E-state index >= 15 is 0 Å². The van der Waals surface area contributed by atoms with E-state index in [4.69, 9.17) is 10.7 Å². The average molecular weight is 169 g/mol. The van der Waals surface area contributed by atoms with Gasteiger partial charge in [-0.05, 0) is 31.5 Å². The minimum Gasteiger partial charge on any atom is -0.294 e. The van der Waals surface area contributed by atoms with Crippen LogP contribution in [0.4, 0.5) is 4.39 Å². The fourth-order valence-corrected chi connectivity index (χ4v) is 0.931. The van der Waals surface area contributed by atoms with Crippen LogP contribution >= 0.6 is 0 Å². The maximum Gasteiger partial charge on any atom is 0.123 e. The summed E-state index contributed by atoms with van der Waals surface area (Å²) in [5, 5.41) is 0. The molecule has 1 rings (SSSR count). The first kappa shape index (κ1) is 9.16. The van der Waals surface area contributed by atoms with Crippen LogP contribution in [0, 0.1) is 5.82 Å². The van der Waals surface area contributed by atoms with Crippen LogP contribution in [-0.4, -0.2) is 0 Å². The van der Waals surface area contributed by atoms with Crippen molar-refractivity contribution in [1.82, 2.24) is 0 Å². The highest BCUT2D eigenvalue weighted by Gasteiger charge is 2.20. The predicted molar refractivity (Wildman–Crippen MR) is 44.7 cm³/mol. The van der Waals surface area contributed by atoms with Crippen molar-refractivity contribution in [3.63, 3.8) is 0 Å². The van der Waals surface area contributed by atoms with E-state index in [-0.39, 0.29) is 5.82 Å². The Hall–Kier alpha value is -0.930. The van der Waals surface area contributed by atoms with Gasteiger partial charge >= 0.3 is 0 Å². The maximum atomic E-state index is 12.7. The molecule has 0 radical (unpaired) electrons. The van der Waals surface area contributed by atoms with Gasteiger partial charge in [-0.3, -0.25) is 4.84 Å². The third kappa shape index (κ3) is 1.81. The molecule has 0 aromatic heterocycles. The molecule has 0 saturated carbocycles. The Balaban J connectivity index is 3.03. The van der Waals surface area contributed by atoms with Gasteiger partial charge in [-0.15, -0.1) is 0 Å². The van der Waals surface area contributed by atoms with Gasteiger partial charge in [0.2, 0.25) is 0 Å². The van der Waals surface area contributed by atoms with Crippen LogP contribution in [0.15, 0.2) is 24.3 Å². The van der Waals surface area contributed by atoms with Crippen LogP contribution in [0.1, 0.15) is 19.4 Å². The minimum absolute atomic E-state index is 0.280. The summed E-state index contributed by atoms with van der Waals surface area (Å²) in [4.78, 5) is 4.71. The fourth-order valence-electron chi connectivity index (χ4n) is 0.931. The second kappa shape index (κ2) is 3.21. The Morgan fingerprint density at radius 1 is 1.42 bits per heavy atom. The highest BCUT2D eigenvalue weighted by Crippen LogP contribution is 2.22. The van der Waals surface area contributed by atoms with Gasteiger partial charge in [-0.1, -0.05) is 12.1 Å². The molecule has 2 nitrogen and oxygen atoms in total. The quantitative estimate of drug-likeness (QED) is 0.687. The predicted octanol–water partition coefficient (Wildman–Crippen LogP) is 1.95. The van der Waals surface area contributed by atoms with Crippen LogP contribution in [0.5, 0.6) is 0 Å². The smallest absolute Gasteiger partial charge is 0.123 e. The van der Waals surface area contributed by atoms with Crippen molar-refractivity contribution in [2.75, 3.05) is 0 Å². The molecule has 0 atom stereocenters.